The molecular formula is C17H37N7O6. The highest BCUT2D eigenvalue weighted by molar-refractivity contribution is 5.92. The van der Waals surface area contributed by atoms with Gasteiger partial charge in [-0.2, -0.15) is 0 Å². The molecule has 0 atom stereocenters. The van der Waals surface area contributed by atoms with Crippen LogP contribution in [0.4, 0.5) is 9.59 Å². The Morgan fingerprint density at radius 3 is 1.10 bits per heavy atom. The number of hydrogen-bond acceptors (Lipinski definition) is 8. The molecule has 0 rings (SSSR count). The van der Waals surface area contributed by atoms with Crippen molar-refractivity contribution in [3.05, 3.63) is 0 Å². The average molecular weight is 436 g/mol. The second-order valence-electron chi connectivity index (χ2n) is 4.52. The van der Waals surface area contributed by atoms with Crippen molar-refractivity contribution in [3.63, 3.8) is 0 Å². The zero-order valence-electron chi connectivity index (χ0n) is 19.8. The first-order valence-corrected chi connectivity index (χ1v) is 8.37. The van der Waals surface area contributed by atoms with Gasteiger partial charge in [-0.1, -0.05) is 0 Å². The van der Waals surface area contributed by atoms with E-state index < -0.39 is 6.09 Å². The predicted molar refractivity (Wildman–Crippen MR) is 116 cm³/mol. The van der Waals surface area contributed by atoms with Crippen molar-refractivity contribution >= 4 is 35.9 Å². The Labute approximate surface area is 178 Å². The lowest BCUT2D eigenvalue weighted by Gasteiger charge is -2.07. The van der Waals surface area contributed by atoms with Crippen molar-refractivity contribution < 1.29 is 28.7 Å². The molecule has 6 amide bonds. The summed E-state index contributed by atoms with van der Waals surface area (Å²) in [7, 11) is 12.3. The van der Waals surface area contributed by atoms with Crippen LogP contribution in [0.5, 0.6) is 0 Å². The van der Waals surface area contributed by atoms with Crippen molar-refractivity contribution in [2.45, 2.75) is 20.8 Å². The smallest absolute Gasteiger partial charge is 0.406 e. The molecule has 0 radical (unpaired) electrons. The fourth-order valence-corrected chi connectivity index (χ4v) is 0.549. The molecule has 13 nitrogen and oxygen atoms in total. The first-order chi connectivity index (χ1) is 13.9. The van der Waals surface area contributed by atoms with Crippen LogP contribution in [0.15, 0.2) is 9.98 Å². The number of carbonyl (C=O) groups excluding carboxylic acids is 5. The molecule has 4 N–H and O–H groups in total. The molecule has 0 saturated heterocycles. The van der Waals surface area contributed by atoms with Gasteiger partial charge in [-0.25, -0.2) is 19.6 Å². The zero-order valence-corrected chi connectivity index (χ0v) is 19.8. The fourth-order valence-electron chi connectivity index (χ4n) is 0.549. The van der Waals surface area contributed by atoms with Crippen LogP contribution in [-0.4, -0.2) is 97.2 Å². The number of ether oxygens (including phenoxy) is 1. The summed E-state index contributed by atoms with van der Waals surface area (Å²) in [6.07, 6.45) is -0.407. The van der Waals surface area contributed by atoms with Crippen molar-refractivity contribution in [2.24, 2.45) is 9.98 Å². The summed E-state index contributed by atoms with van der Waals surface area (Å²) < 4.78 is 4.15. The van der Waals surface area contributed by atoms with E-state index in [1.54, 1.807) is 35.2 Å². The predicted octanol–water partition coefficient (Wildman–Crippen LogP) is -0.299. The minimum absolute atomic E-state index is 0.00463. The van der Waals surface area contributed by atoms with Gasteiger partial charge in [0.05, 0.1) is 13.1 Å². The highest BCUT2D eigenvalue weighted by atomic mass is 16.5. The topological polar surface area (TPSA) is 171 Å². The molecule has 0 aliphatic heterocycles. The van der Waals surface area contributed by atoms with Gasteiger partial charge in [0, 0.05) is 70.1 Å². The van der Waals surface area contributed by atoms with Gasteiger partial charge in [-0.05, 0) is 0 Å². The molecule has 0 aromatic heterocycles. The monoisotopic (exact) mass is 435 g/mol. The summed E-state index contributed by atoms with van der Waals surface area (Å²) in [5.74, 6) is -0.444. The Bertz CT molecular complexity index is 499. The van der Waals surface area contributed by atoms with Gasteiger partial charge in [0.1, 0.15) is 0 Å². The van der Waals surface area contributed by atoms with Gasteiger partial charge < -0.3 is 26.0 Å². The second-order valence-corrected chi connectivity index (χ2v) is 4.52. The van der Waals surface area contributed by atoms with E-state index in [0.717, 1.165) is 4.90 Å². The van der Waals surface area contributed by atoms with Crippen LogP contribution in [0, 0.1) is 0 Å². The third-order valence-corrected chi connectivity index (χ3v) is 2.34. The van der Waals surface area contributed by atoms with Gasteiger partial charge in [0.15, 0.2) is 0 Å². The molecule has 0 unspecified atom stereocenters. The number of urea groups is 1. The summed E-state index contributed by atoms with van der Waals surface area (Å²) in [5, 5.41) is 9.37. The summed E-state index contributed by atoms with van der Waals surface area (Å²) in [6, 6.07) is 2.20. The number of amides is 6. The average Bonchev–Trinajstić information content (AvgIpc) is 2.73. The van der Waals surface area contributed by atoms with Gasteiger partial charge in [0.2, 0.25) is 17.7 Å². The maximum Gasteiger partial charge on any atom is 0.406 e. The van der Waals surface area contributed by atoms with Crippen molar-refractivity contribution in [2.75, 3.05) is 56.4 Å². The van der Waals surface area contributed by atoms with E-state index in [1.165, 1.54) is 42.0 Å². The van der Waals surface area contributed by atoms with Crippen molar-refractivity contribution in [3.8, 4) is 0 Å². The van der Waals surface area contributed by atoms with E-state index in [2.05, 4.69) is 42.0 Å². The van der Waals surface area contributed by atoms with Gasteiger partial charge >= 0.3 is 12.1 Å². The Hall–Kier alpha value is -3.47. The summed E-state index contributed by atoms with van der Waals surface area (Å²) in [6.45, 7) is 4.17. The number of methoxy groups -OCH3 is 1. The highest BCUT2D eigenvalue weighted by Gasteiger charge is 2.04. The van der Waals surface area contributed by atoms with Crippen LogP contribution in [0.2, 0.25) is 0 Å². The third-order valence-electron chi connectivity index (χ3n) is 2.34. The van der Waals surface area contributed by atoms with E-state index >= 15 is 0 Å². The minimum atomic E-state index is -0.407. The number of aliphatic imine (C=N–C) groups is 2. The molecule has 0 bridgehead atoms. The molecule has 0 fully saturated rings. The minimum Gasteiger partial charge on any atom is -0.453 e. The molecule has 176 valence electrons. The summed E-state index contributed by atoms with van der Waals surface area (Å²) in [4.78, 5) is 58.0. The number of carbonyl (C=O) groups is 5. The fraction of sp³-hybridized carbons (Fsp3) is 0.647. The first kappa shape index (κ1) is 37.3. The summed E-state index contributed by atoms with van der Waals surface area (Å²) >= 11 is 0. The van der Waals surface area contributed by atoms with Crippen molar-refractivity contribution in [1.82, 2.24) is 26.2 Å². The molecule has 13 heteroatoms. The largest absolute Gasteiger partial charge is 0.453 e. The molecule has 0 aromatic carbocycles. The SMILES string of the molecule is CC(=O)N(C)C(C)=O.CN=C=NC.CNC(=O)NC.CNC(=O)OC.CNC(C)=O. The molecule has 0 saturated carbocycles. The van der Waals surface area contributed by atoms with E-state index in [0.29, 0.717) is 0 Å². The van der Waals surface area contributed by atoms with Gasteiger partial charge in [0.25, 0.3) is 0 Å². The molecule has 0 aliphatic carbocycles. The van der Waals surface area contributed by atoms with Crippen LogP contribution in [0.1, 0.15) is 20.8 Å². The first-order valence-electron chi connectivity index (χ1n) is 8.37. The quantitative estimate of drug-likeness (QED) is 0.381. The lowest BCUT2D eigenvalue weighted by molar-refractivity contribution is -0.140. The van der Waals surface area contributed by atoms with E-state index in [4.69, 9.17) is 0 Å². The van der Waals surface area contributed by atoms with Crippen LogP contribution >= 0.6 is 0 Å². The lowest BCUT2D eigenvalue weighted by atomic mass is 10.5. The number of hydrogen-bond donors (Lipinski definition) is 4. The van der Waals surface area contributed by atoms with E-state index in [-0.39, 0.29) is 23.8 Å². The Morgan fingerprint density at radius 2 is 1.10 bits per heavy atom. The Morgan fingerprint density at radius 1 is 0.767 bits per heavy atom. The lowest BCUT2D eigenvalue weighted by Crippen LogP contribution is -2.28. The molecule has 0 heterocycles. The molecule has 30 heavy (non-hydrogen) atoms. The maximum absolute atomic E-state index is 10.3. The van der Waals surface area contributed by atoms with Crippen LogP contribution in [-0.2, 0) is 19.1 Å². The van der Waals surface area contributed by atoms with Crippen LogP contribution in [0.25, 0.3) is 0 Å². The van der Waals surface area contributed by atoms with Crippen LogP contribution in [0.3, 0.4) is 0 Å². The molecule has 0 spiro atoms. The molecule has 0 aliphatic rings. The highest BCUT2D eigenvalue weighted by Crippen LogP contribution is 1.81. The number of imide groups is 1. The third kappa shape index (κ3) is 49.7. The summed E-state index contributed by atoms with van der Waals surface area (Å²) in [5.41, 5.74) is 0. The number of rotatable bonds is 0. The van der Waals surface area contributed by atoms with E-state index in [1.807, 2.05) is 0 Å². The van der Waals surface area contributed by atoms with Gasteiger partial charge in [-0.15, -0.1) is 0 Å². The standard InChI is InChI=1S/C5H9NO2.C3H8N2O.C3H6N2.C3H7NO2.C3H7NO/c1-4(7)6(3)5(2)8;1-4-3(6)5-2;1-4-3-5-2;1-4-3(5)6-2;1-3(5)4-2/h1-3H3;1-2H3,(H2,4,5,6);1-2H3;1-2H3,(H,4,5);1-2H3,(H,4,5). The molecular weight excluding hydrogens is 398 g/mol. The van der Waals surface area contributed by atoms with Crippen molar-refractivity contribution in [1.29, 1.82) is 0 Å². The van der Waals surface area contributed by atoms with Gasteiger partial charge in [-0.3, -0.25) is 19.3 Å². The Balaban J connectivity index is -0.0000000879. The number of nitrogens with one attached hydrogen (secondary N) is 4. The van der Waals surface area contributed by atoms with Crippen LogP contribution < -0.4 is 21.3 Å². The number of alkyl carbamates (subject to hydrolysis) is 1. The zero-order chi connectivity index (χ0) is 25.1. The normalized spacial score (nSPS) is 7.03. The Kier molecular flexibility index (Phi) is 37.6. The second kappa shape index (κ2) is 30.3. The maximum atomic E-state index is 10.3. The molecule has 0 aromatic rings. The number of nitrogens with zero attached hydrogens (tertiary/aromatic N) is 3. The van der Waals surface area contributed by atoms with E-state index in [9.17, 15) is 24.0 Å².